The normalized spacial score (nSPS) is 12.3. The van der Waals surface area contributed by atoms with Gasteiger partial charge < -0.3 is 4.74 Å². The molecule has 0 aliphatic rings. The molecule has 0 bridgehead atoms. The zero-order valence-electron chi connectivity index (χ0n) is 12.3. The Kier molecular flexibility index (Phi) is 4.85. The Morgan fingerprint density at radius 2 is 1.59 bits per heavy atom. The quantitative estimate of drug-likeness (QED) is 0.738. The minimum Gasteiger partial charge on any atom is -0.497 e. The van der Waals surface area contributed by atoms with Gasteiger partial charge in [-0.2, -0.15) is 13.2 Å². The first kappa shape index (κ1) is 16.1. The molecule has 116 valence electrons. The molecule has 22 heavy (non-hydrogen) atoms. The second-order valence-electron chi connectivity index (χ2n) is 4.92. The van der Waals surface area contributed by atoms with Crippen molar-refractivity contribution in [3.05, 3.63) is 59.7 Å². The summed E-state index contributed by atoms with van der Waals surface area (Å²) in [6.07, 6.45) is -4.72. The zero-order valence-corrected chi connectivity index (χ0v) is 12.3. The molecule has 0 spiro atoms. The highest BCUT2D eigenvalue weighted by molar-refractivity contribution is 5.93. The number of benzene rings is 2. The Morgan fingerprint density at radius 1 is 1.00 bits per heavy atom. The van der Waals surface area contributed by atoms with E-state index in [1.54, 1.807) is 36.4 Å². The van der Waals surface area contributed by atoms with E-state index < -0.39 is 11.9 Å². The number of nitrogens with zero attached hydrogens (tertiary/aromatic N) is 1. The molecular weight excluding hydrogens is 291 g/mol. The van der Waals surface area contributed by atoms with Crippen molar-refractivity contribution in [1.82, 2.24) is 0 Å². The van der Waals surface area contributed by atoms with Gasteiger partial charge in [0.2, 0.25) is 0 Å². The van der Waals surface area contributed by atoms with Crippen molar-refractivity contribution in [2.24, 2.45) is 4.99 Å². The number of rotatable bonds is 4. The summed E-state index contributed by atoms with van der Waals surface area (Å²) >= 11 is 0. The Labute approximate surface area is 127 Å². The smallest absolute Gasteiger partial charge is 0.429 e. The van der Waals surface area contributed by atoms with Crippen LogP contribution in [0.5, 0.6) is 5.75 Å². The molecule has 2 aromatic carbocycles. The van der Waals surface area contributed by atoms with Crippen LogP contribution in [0, 0.1) is 6.92 Å². The van der Waals surface area contributed by atoms with Crippen molar-refractivity contribution in [3.8, 4) is 5.75 Å². The monoisotopic (exact) mass is 307 g/mol. The number of alkyl halides is 3. The SMILES string of the molecule is COc1ccc(N=C(Cc2ccc(C)cc2)C(F)(F)F)cc1. The number of aliphatic imine (C=N–C) groups is 1. The lowest BCUT2D eigenvalue weighted by Gasteiger charge is -2.11. The van der Waals surface area contributed by atoms with Gasteiger partial charge in [-0.05, 0) is 36.8 Å². The van der Waals surface area contributed by atoms with E-state index in [1.807, 2.05) is 6.92 Å². The largest absolute Gasteiger partial charge is 0.497 e. The molecule has 0 saturated heterocycles. The first-order valence-electron chi connectivity index (χ1n) is 6.73. The number of ether oxygens (including phenoxy) is 1. The molecule has 0 amide bonds. The first-order chi connectivity index (χ1) is 10.4. The summed E-state index contributed by atoms with van der Waals surface area (Å²) in [6, 6.07) is 13.1. The number of hydrogen-bond donors (Lipinski definition) is 0. The topological polar surface area (TPSA) is 21.6 Å². The van der Waals surface area contributed by atoms with Crippen LogP contribution in [0.25, 0.3) is 0 Å². The number of hydrogen-bond acceptors (Lipinski definition) is 2. The van der Waals surface area contributed by atoms with Gasteiger partial charge in [0.15, 0.2) is 0 Å². The average molecular weight is 307 g/mol. The van der Waals surface area contributed by atoms with Crippen LogP contribution in [-0.2, 0) is 6.42 Å². The van der Waals surface area contributed by atoms with Crippen molar-refractivity contribution in [1.29, 1.82) is 0 Å². The van der Waals surface area contributed by atoms with Crippen LogP contribution in [0.1, 0.15) is 11.1 Å². The summed E-state index contributed by atoms with van der Waals surface area (Å²) in [7, 11) is 1.50. The molecule has 0 atom stereocenters. The van der Waals surface area contributed by atoms with Gasteiger partial charge in [0.25, 0.3) is 0 Å². The molecule has 0 heterocycles. The lowest BCUT2D eigenvalue weighted by atomic mass is 10.1. The third-order valence-electron chi connectivity index (χ3n) is 3.16. The molecule has 2 aromatic rings. The summed E-state index contributed by atoms with van der Waals surface area (Å²) in [5.41, 5.74) is 1.02. The third kappa shape index (κ3) is 4.35. The lowest BCUT2D eigenvalue weighted by Crippen LogP contribution is -2.25. The van der Waals surface area contributed by atoms with E-state index in [1.165, 1.54) is 19.2 Å². The van der Waals surface area contributed by atoms with Crippen LogP contribution in [0.3, 0.4) is 0 Å². The summed E-state index contributed by atoms with van der Waals surface area (Å²) in [5.74, 6) is 0.575. The molecule has 2 rings (SSSR count). The second-order valence-corrected chi connectivity index (χ2v) is 4.92. The Hall–Kier alpha value is -2.30. The van der Waals surface area contributed by atoms with Crippen molar-refractivity contribution >= 4 is 11.4 Å². The Morgan fingerprint density at radius 3 is 2.09 bits per heavy atom. The van der Waals surface area contributed by atoms with Crippen molar-refractivity contribution in [3.63, 3.8) is 0 Å². The van der Waals surface area contributed by atoms with Gasteiger partial charge in [0.1, 0.15) is 11.5 Å². The van der Waals surface area contributed by atoms with E-state index in [2.05, 4.69) is 4.99 Å². The van der Waals surface area contributed by atoms with Gasteiger partial charge in [-0.1, -0.05) is 29.8 Å². The van der Waals surface area contributed by atoms with Crippen molar-refractivity contribution in [2.45, 2.75) is 19.5 Å². The number of aryl methyl sites for hydroxylation is 1. The highest BCUT2D eigenvalue weighted by Crippen LogP contribution is 2.25. The maximum atomic E-state index is 13.2. The highest BCUT2D eigenvalue weighted by atomic mass is 19.4. The van der Waals surface area contributed by atoms with Gasteiger partial charge >= 0.3 is 6.18 Å². The van der Waals surface area contributed by atoms with Crippen molar-refractivity contribution in [2.75, 3.05) is 7.11 Å². The van der Waals surface area contributed by atoms with Crippen LogP contribution in [-0.4, -0.2) is 19.0 Å². The molecule has 0 aliphatic heterocycles. The number of methoxy groups -OCH3 is 1. The van der Waals surface area contributed by atoms with Gasteiger partial charge in [-0.25, -0.2) is 4.99 Å². The summed E-state index contributed by atoms with van der Waals surface area (Å²) in [5, 5.41) is 0. The maximum Gasteiger partial charge on any atom is 0.429 e. The molecule has 5 heteroatoms. The van der Waals surface area contributed by atoms with Gasteiger partial charge in [-0.3, -0.25) is 0 Å². The summed E-state index contributed by atoms with van der Waals surface area (Å²) in [4.78, 5) is 3.76. The first-order valence-corrected chi connectivity index (χ1v) is 6.73. The second kappa shape index (κ2) is 6.64. The van der Waals surface area contributed by atoms with Crippen molar-refractivity contribution < 1.29 is 17.9 Å². The molecule has 0 radical (unpaired) electrons. The standard InChI is InChI=1S/C17H16F3NO/c1-12-3-5-13(6-4-12)11-16(17(18,19)20)21-14-7-9-15(22-2)10-8-14/h3-10H,11H2,1-2H3. The molecule has 0 saturated carbocycles. The fourth-order valence-corrected chi connectivity index (χ4v) is 1.92. The van der Waals surface area contributed by atoms with Crippen LogP contribution < -0.4 is 4.74 Å². The van der Waals surface area contributed by atoms with Crippen LogP contribution in [0.4, 0.5) is 18.9 Å². The van der Waals surface area contributed by atoms with E-state index in [0.717, 1.165) is 5.56 Å². The van der Waals surface area contributed by atoms with E-state index in [9.17, 15) is 13.2 Å². The molecule has 0 unspecified atom stereocenters. The fraction of sp³-hybridized carbons (Fsp3) is 0.235. The molecule has 0 aliphatic carbocycles. The number of halogens is 3. The lowest BCUT2D eigenvalue weighted by molar-refractivity contribution is -0.0600. The third-order valence-corrected chi connectivity index (χ3v) is 3.16. The molecule has 0 N–H and O–H groups in total. The minimum atomic E-state index is -4.47. The predicted molar refractivity (Wildman–Crippen MR) is 81.0 cm³/mol. The van der Waals surface area contributed by atoms with Gasteiger partial charge in [-0.15, -0.1) is 0 Å². The average Bonchev–Trinajstić information content (AvgIpc) is 2.48. The van der Waals surface area contributed by atoms with E-state index in [4.69, 9.17) is 4.74 Å². The van der Waals surface area contributed by atoms with Gasteiger partial charge in [0.05, 0.1) is 12.8 Å². The fourth-order valence-electron chi connectivity index (χ4n) is 1.92. The minimum absolute atomic E-state index is 0.250. The molecule has 0 aromatic heterocycles. The predicted octanol–water partition coefficient (Wildman–Crippen LogP) is 4.88. The Balaban J connectivity index is 2.28. The summed E-state index contributed by atoms with van der Waals surface area (Å²) < 4.78 is 44.5. The van der Waals surface area contributed by atoms with Gasteiger partial charge in [0, 0.05) is 6.42 Å². The molecular formula is C17H16F3NO. The van der Waals surface area contributed by atoms with E-state index in [-0.39, 0.29) is 12.1 Å². The van der Waals surface area contributed by atoms with Crippen LogP contribution in [0.2, 0.25) is 0 Å². The van der Waals surface area contributed by atoms with E-state index in [0.29, 0.717) is 11.3 Å². The summed E-state index contributed by atoms with van der Waals surface area (Å²) in [6.45, 7) is 1.89. The molecule has 0 fully saturated rings. The molecule has 2 nitrogen and oxygen atoms in total. The Bertz CT molecular complexity index is 643. The van der Waals surface area contributed by atoms with Crippen LogP contribution >= 0.6 is 0 Å². The zero-order chi connectivity index (χ0) is 16.2. The maximum absolute atomic E-state index is 13.2. The van der Waals surface area contributed by atoms with Crippen LogP contribution in [0.15, 0.2) is 53.5 Å². The van der Waals surface area contributed by atoms with E-state index >= 15 is 0 Å². The highest BCUT2D eigenvalue weighted by Gasteiger charge is 2.35.